The van der Waals surface area contributed by atoms with Crippen molar-refractivity contribution in [1.82, 2.24) is 20.3 Å². The predicted octanol–water partition coefficient (Wildman–Crippen LogP) is 0.139. The van der Waals surface area contributed by atoms with Crippen LogP contribution in [0.25, 0.3) is 0 Å². The Morgan fingerprint density at radius 3 is 2.65 bits per heavy atom. The fourth-order valence-corrected chi connectivity index (χ4v) is 1.19. The van der Waals surface area contributed by atoms with Crippen LogP contribution in [0.2, 0.25) is 5.28 Å². The molecule has 17 heavy (non-hydrogen) atoms. The molecule has 0 aliphatic rings. The normalized spacial score (nSPS) is 9.88. The summed E-state index contributed by atoms with van der Waals surface area (Å²) in [5, 5.41) is 5.55. The van der Waals surface area contributed by atoms with Crippen LogP contribution in [0.15, 0.2) is 0 Å². The fourth-order valence-electron chi connectivity index (χ4n) is 1.03. The van der Waals surface area contributed by atoms with Gasteiger partial charge in [-0.15, -0.1) is 0 Å². The number of rotatable bonds is 5. The number of aromatic nitrogens is 3. The summed E-state index contributed by atoms with van der Waals surface area (Å²) in [6.45, 7) is 0.437. The van der Waals surface area contributed by atoms with Crippen LogP contribution in [0, 0.1) is 0 Å². The molecule has 0 unspecified atom stereocenters. The molecule has 1 rings (SSSR count). The summed E-state index contributed by atoms with van der Waals surface area (Å²) in [5.41, 5.74) is 0. The maximum absolute atomic E-state index is 11.0. The third kappa shape index (κ3) is 4.39. The van der Waals surface area contributed by atoms with Gasteiger partial charge in [0.15, 0.2) is 0 Å². The number of carbonyl (C=O) groups is 1. The fraction of sp³-hybridized carbons (Fsp3) is 0.556. The highest BCUT2D eigenvalue weighted by atomic mass is 35.5. The van der Waals surface area contributed by atoms with Crippen LogP contribution in [-0.4, -0.2) is 48.5 Å². The average Bonchev–Trinajstić information content (AvgIpc) is 2.28. The smallest absolute Gasteiger partial charge is 0.230 e. The lowest BCUT2D eigenvalue weighted by Gasteiger charge is -2.11. The van der Waals surface area contributed by atoms with Crippen molar-refractivity contribution in [2.45, 2.75) is 6.42 Å². The zero-order valence-electron chi connectivity index (χ0n) is 9.99. The first-order valence-electron chi connectivity index (χ1n) is 5.06. The molecule has 0 aromatic carbocycles. The van der Waals surface area contributed by atoms with E-state index >= 15 is 0 Å². The van der Waals surface area contributed by atoms with Gasteiger partial charge >= 0.3 is 0 Å². The van der Waals surface area contributed by atoms with Gasteiger partial charge in [-0.1, -0.05) is 0 Å². The summed E-state index contributed by atoms with van der Waals surface area (Å²) in [6, 6.07) is 0. The van der Waals surface area contributed by atoms with E-state index in [1.165, 1.54) is 0 Å². The van der Waals surface area contributed by atoms with Crippen molar-refractivity contribution in [2.75, 3.05) is 37.9 Å². The van der Waals surface area contributed by atoms with Gasteiger partial charge in [0.1, 0.15) is 0 Å². The van der Waals surface area contributed by atoms with E-state index in [0.29, 0.717) is 24.9 Å². The maximum Gasteiger partial charge on any atom is 0.230 e. The Bertz CT molecular complexity index is 397. The number of halogens is 1. The van der Waals surface area contributed by atoms with Gasteiger partial charge in [0.25, 0.3) is 0 Å². The molecular weight excluding hydrogens is 244 g/mol. The summed E-state index contributed by atoms with van der Waals surface area (Å²) in [7, 11) is 5.20. The number of carbonyl (C=O) groups excluding carboxylic acids is 1. The molecule has 7 nitrogen and oxygen atoms in total. The lowest BCUT2D eigenvalue weighted by Crippen LogP contribution is -2.21. The van der Waals surface area contributed by atoms with Gasteiger partial charge in [-0.25, -0.2) is 0 Å². The molecule has 1 aromatic rings. The Morgan fingerprint density at radius 2 is 2.06 bits per heavy atom. The molecule has 0 aliphatic carbocycles. The average molecular weight is 259 g/mol. The SMILES string of the molecule is CNC(=O)CCNc1nc(Cl)nc(N(C)C)n1. The van der Waals surface area contributed by atoms with Crippen molar-refractivity contribution in [2.24, 2.45) is 0 Å². The molecule has 0 atom stereocenters. The van der Waals surface area contributed by atoms with Crippen molar-refractivity contribution in [3.8, 4) is 0 Å². The second kappa shape index (κ2) is 6.19. The summed E-state index contributed by atoms with van der Waals surface area (Å²) >= 11 is 5.75. The quantitative estimate of drug-likeness (QED) is 0.782. The molecule has 0 saturated heterocycles. The Balaban J connectivity index is 2.62. The van der Waals surface area contributed by atoms with Crippen LogP contribution in [0.4, 0.5) is 11.9 Å². The van der Waals surface area contributed by atoms with E-state index in [0.717, 1.165) is 0 Å². The molecule has 8 heteroatoms. The van der Waals surface area contributed by atoms with Gasteiger partial charge in [-0.2, -0.15) is 15.0 Å². The molecule has 1 aromatic heterocycles. The van der Waals surface area contributed by atoms with E-state index in [4.69, 9.17) is 11.6 Å². The van der Waals surface area contributed by atoms with Crippen LogP contribution < -0.4 is 15.5 Å². The van der Waals surface area contributed by atoms with Crippen molar-refractivity contribution < 1.29 is 4.79 Å². The van der Waals surface area contributed by atoms with Crippen LogP contribution in [0.1, 0.15) is 6.42 Å². The van der Waals surface area contributed by atoms with Crippen molar-refractivity contribution in [3.63, 3.8) is 0 Å². The van der Waals surface area contributed by atoms with E-state index < -0.39 is 0 Å². The van der Waals surface area contributed by atoms with Gasteiger partial charge < -0.3 is 15.5 Å². The Labute approximate surface area is 105 Å². The number of nitrogens with zero attached hydrogens (tertiary/aromatic N) is 4. The second-order valence-corrected chi connectivity index (χ2v) is 3.81. The molecule has 0 bridgehead atoms. The summed E-state index contributed by atoms with van der Waals surface area (Å²) in [4.78, 5) is 24.7. The van der Waals surface area contributed by atoms with Crippen LogP contribution in [-0.2, 0) is 4.79 Å². The lowest BCUT2D eigenvalue weighted by molar-refractivity contribution is -0.120. The van der Waals surface area contributed by atoms with E-state index in [1.807, 2.05) is 0 Å². The van der Waals surface area contributed by atoms with Gasteiger partial charge in [0, 0.05) is 34.1 Å². The minimum atomic E-state index is -0.0505. The minimum Gasteiger partial charge on any atom is -0.359 e. The second-order valence-electron chi connectivity index (χ2n) is 3.47. The molecule has 0 fully saturated rings. The molecule has 0 saturated carbocycles. The first kappa shape index (κ1) is 13.4. The molecule has 0 radical (unpaired) electrons. The summed E-state index contributed by atoms with van der Waals surface area (Å²) in [5.74, 6) is 0.774. The minimum absolute atomic E-state index is 0.0505. The highest BCUT2D eigenvalue weighted by Crippen LogP contribution is 2.11. The van der Waals surface area contributed by atoms with Gasteiger partial charge in [0.2, 0.25) is 23.1 Å². The summed E-state index contributed by atoms with van der Waals surface area (Å²) in [6.07, 6.45) is 0.344. The van der Waals surface area contributed by atoms with Crippen LogP contribution in [0.3, 0.4) is 0 Å². The van der Waals surface area contributed by atoms with Gasteiger partial charge in [0.05, 0.1) is 0 Å². The number of anilines is 2. The van der Waals surface area contributed by atoms with E-state index in [9.17, 15) is 4.79 Å². The third-order valence-corrected chi connectivity index (χ3v) is 2.08. The molecule has 2 N–H and O–H groups in total. The Hall–Kier alpha value is -1.63. The highest BCUT2D eigenvalue weighted by molar-refractivity contribution is 6.28. The molecule has 94 valence electrons. The molecule has 0 spiro atoms. The molecule has 1 amide bonds. The maximum atomic E-state index is 11.0. The van der Waals surface area contributed by atoms with Crippen LogP contribution >= 0.6 is 11.6 Å². The zero-order chi connectivity index (χ0) is 12.8. The van der Waals surface area contributed by atoms with E-state index in [-0.39, 0.29) is 11.2 Å². The zero-order valence-corrected chi connectivity index (χ0v) is 10.7. The Kier molecular flexibility index (Phi) is 4.89. The van der Waals surface area contributed by atoms with Crippen molar-refractivity contribution in [3.05, 3.63) is 5.28 Å². The van der Waals surface area contributed by atoms with Crippen LogP contribution in [0.5, 0.6) is 0 Å². The number of hydrogen-bond donors (Lipinski definition) is 2. The number of amides is 1. The first-order chi connectivity index (χ1) is 8.02. The van der Waals surface area contributed by atoms with Gasteiger partial charge in [-0.3, -0.25) is 4.79 Å². The predicted molar refractivity (Wildman–Crippen MR) is 66.3 cm³/mol. The molecular formula is C9H15ClN6O. The topological polar surface area (TPSA) is 83.0 Å². The largest absolute Gasteiger partial charge is 0.359 e. The summed E-state index contributed by atoms with van der Waals surface area (Å²) < 4.78 is 0. The van der Waals surface area contributed by atoms with Crippen molar-refractivity contribution in [1.29, 1.82) is 0 Å². The monoisotopic (exact) mass is 258 g/mol. The van der Waals surface area contributed by atoms with E-state index in [2.05, 4.69) is 25.6 Å². The highest BCUT2D eigenvalue weighted by Gasteiger charge is 2.06. The molecule has 1 heterocycles. The van der Waals surface area contributed by atoms with E-state index in [1.54, 1.807) is 26.0 Å². The first-order valence-corrected chi connectivity index (χ1v) is 5.44. The van der Waals surface area contributed by atoms with Crippen molar-refractivity contribution >= 4 is 29.4 Å². The number of nitrogens with one attached hydrogen (secondary N) is 2. The Morgan fingerprint density at radius 1 is 1.35 bits per heavy atom. The standard InChI is InChI=1S/C9H15ClN6O/c1-11-6(17)4-5-12-8-13-7(10)14-9(15-8)16(2)3/h4-5H2,1-3H3,(H,11,17)(H,12,13,14,15). The molecule has 0 aliphatic heterocycles. The third-order valence-electron chi connectivity index (χ3n) is 1.91. The number of hydrogen-bond acceptors (Lipinski definition) is 6. The van der Waals surface area contributed by atoms with Gasteiger partial charge in [-0.05, 0) is 11.6 Å². The lowest BCUT2D eigenvalue weighted by atomic mass is 10.4.